The van der Waals surface area contributed by atoms with Gasteiger partial charge >= 0.3 is 6.18 Å². The highest BCUT2D eigenvalue weighted by molar-refractivity contribution is 6.23. The number of nitrogens with one attached hydrogen (secondary N) is 1. The molecule has 3 nitrogen and oxygen atoms in total. The molecule has 0 atom stereocenters. The number of benzene rings is 1. The molecule has 0 heterocycles. The molecule has 0 aliphatic heterocycles. The van der Waals surface area contributed by atoms with E-state index in [1.54, 1.807) is 0 Å². The lowest BCUT2D eigenvalue weighted by atomic mass is 9.94. The average Bonchev–Trinajstić information content (AvgIpc) is 2.42. The maximum atomic E-state index is 12.9. The van der Waals surface area contributed by atoms with Gasteiger partial charge in [-0.2, -0.15) is 13.2 Å². The third-order valence-electron chi connectivity index (χ3n) is 3.29. The molecule has 1 aliphatic rings. The zero-order valence-corrected chi connectivity index (χ0v) is 11.3. The van der Waals surface area contributed by atoms with Crippen molar-refractivity contribution in [1.82, 2.24) is 0 Å². The van der Waals surface area contributed by atoms with Crippen molar-refractivity contribution >= 4 is 17.3 Å². The van der Waals surface area contributed by atoms with Crippen LogP contribution in [0.2, 0.25) is 0 Å². The number of carbonyl (C=O) groups excluding carboxylic acids is 2. The first kappa shape index (κ1) is 15.0. The van der Waals surface area contributed by atoms with Crippen LogP contribution < -0.4 is 5.32 Å². The van der Waals surface area contributed by atoms with Gasteiger partial charge in [-0.3, -0.25) is 9.59 Å². The van der Waals surface area contributed by atoms with Crippen molar-refractivity contribution in [3.05, 3.63) is 52.7 Å². The Morgan fingerprint density at radius 2 is 1.62 bits per heavy atom. The summed E-state index contributed by atoms with van der Waals surface area (Å²) in [4.78, 5) is 23.7. The molecule has 0 saturated carbocycles. The van der Waals surface area contributed by atoms with Crippen LogP contribution in [0.4, 0.5) is 18.9 Å². The third-order valence-corrected chi connectivity index (χ3v) is 3.29. The van der Waals surface area contributed by atoms with Gasteiger partial charge in [0.05, 0.1) is 16.9 Å². The Kier molecular flexibility index (Phi) is 3.72. The number of hydrogen-bond donors (Lipinski definition) is 1. The standard InChI is InChI=1S/C15H12F3NO2/c1-8-9(2)14(21)12(7-13(8)20)19-11-6-4-3-5-10(11)15(16,17)18/h3-7,19H,1-2H3. The number of rotatable bonds is 2. The molecule has 0 bridgehead atoms. The normalized spacial score (nSPS) is 16.1. The van der Waals surface area contributed by atoms with Gasteiger partial charge in [0.2, 0.25) is 5.78 Å². The number of allylic oxidation sites excluding steroid dienone is 3. The summed E-state index contributed by atoms with van der Waals surface area (Å²) in [5.41, 5.74) is -0.774. The maximum Gasteiger partial charge on any atom is 0.418 e. The fourth-order valence-electron chi connectivity index (χ4n) is 1.94. The molecule has 2 rings (SSSR count). The highest BCUT2D eigenvalue weighted by Gasteiger charge is 2.34. The Labute approximate surface area is 119 Å². The largest absolute Gasteiger partial charge is 0.418 e. The Balaban J connectivity index is 2.39. The fourth-order valence-corrected chi connectivity index (χ4v) is 1.94. The van der Waals surface area contributed by atoms with E-state index in [4.69, 9.17) is 0 Å². The Morgan fingerprint density at radius 3 is 2.24 bits per heavy atom. The van der Waals surface area contributed by atoms with Gasteiger partial charge in [0.15, 0.2) is 5.78 Å². The molecule has 0 fully saturated rings. The van der Waals surface area contributed by atoms with E-state index >= 15 is 0 Å². The predicted octanol–water partition coefficient (Wildman–Crippen LogP) is 3.49. The highest BCUT2D eigenvalue weighted by Crippen LogP contribution is 2.35. The van der Waals surface area contributed by atoms with Crippen LogP contribution in [0.15, 0.2) is 47.2 Å². The lowest BCUT2D eigenvalue weighted by Crippen LogP contribution is -2.22. The summed E-state index contributed by atoms with van der Waals surface area (Å²) in [6.07, 6.45) is -3.52. The molecule has 21 heavy (non-hydrogen) atoms. The minimum Gasteiger partial charge on any atom is -0.352 e. The molecular weight excluding hydrogens is 283 g/mol. The van der Waals surface area contributed by atoms with Crippen molar-refractivity contribution in [3.8, 4) is 0 Å². The Morgan fingerprint density at radius 1 is 1.00 bits per heavy atom. The van der Waals surface area contributed by atoms with Crippen LogP contribution in [0.5, 0.6) is 0 Å². The van der Waals surface area contributed by atoms with E-state index in [-0.39, 0.29) is 22.7 Å². The summed E-state index contributed by atoms with van der Waals surface area (Å²) in [5, 5.41) is 2.42. The van der Waals surface area contributed by atoms with Gasteiger partial charge in [0.25, 0.3) is 0 Å². The minimum atomic E-state index is -4.55. The van der Waals surface area contributed by atoms with Gasteiger partial charge in [0.1, 0.15) is 0 Å². The first-order valence-corrected chi connectivity index (χ1v) is 6.13. The van der Waals surface area contributed by atoms with E-state index in [2.05, 4.69) is 5.32 Å². The molecule has 1 aliphatic carbocycles. The van der Waals surface area contributed by atoms with E-state index in [1.165, 1.54) is 32.0 Å². The summed E-state index contributed by atoms with van der Waals surface area (Å²) >= 11 is 0. The first-order valence-electron chi connectivity index (χ1n) is 6.13. The van der Waals surface area contributed by atoms with Crippen LogP contribution >= 0.6 is 0 Å². The molecule has 0 saturated heterocycles. The number of carbonyl (C=O) groups is 2. The summed E-state index contributed by atoms with van der Waals surface area (Å²) in [6, 6.07) is 4.79. The maximum absolute atomic E-state index is 12.9. The predicted molar refractivity (Wildman–Crippen MR) is 71.5 cm³/mol. The van der Waals surface area contributed by atoms with E-state index in [0.717, 1.165) is 12.1 Å². The van der Waals surface area contributed by atoms with Crippen molar-refractivity contribution < 1.29 is 22.8 Å². The van der Waals surface area contributed by atoms with Gasteiger partial charge in [-0.15, -0.1) is 0 Å². The Bertz CT molecular complexity index is 684. The van der Waals surface area contributed by atoms with E-state index in [9.17, 15) is 22.8 Å². The molecule has 110 valence electrons. The van der Waals surface area contributed by atoms with Crippen LogP contribution in [0.3, 0.4) is 0 Å². The monoisotopic (exact) mass is 295 g/mol. The lowest BCUT2D eigenvalue weighted by molar-refractivity contribution is -0.137. The Hall–Kier alpha value is -2.37. The summed E-state index contributed by atoms with van der Waals surface area (Å²) in [7, 11) is 0. The van der Waals surface area contributed by atoms with Crippen molar-refractivity contribution in [2.75, 3.05) is 5.32 Å². The average molecular weight is 295 g/mol. The molecular formula is C15H12F3NO2. The minimum absolute atomic E-state index is 0.153. The van der Waals surface area contributed by atoms with Gasteiger partial charge in [-0.25, -0.2) is 0 Å². The van der Waals surface area contributed by atoms with Crippen LogP contribution in [0, 0.1) is 0 Å². The zero-order valence-electron chi connectivity index (χ0n) is 11.3. The fraction of sp³-hybridized carbons (Fsp3) is 0.200. The van der Waals surface area contributed by atoms with Crippen molar-refractivity contribution in [2.24, 2.45) is 0 Å². The number of Topliss-reactive ketones (excluding diaryl/α,β-unsaturated/α-hetero) is 1. The van der Waals surface area contributed by atoms with Crippen molar-refractivity contribution in [3.63, 3.8) is 0 Å². The molecule has 6 heteroatoms. The van der Waals surface area contributed by atoms with Gasteiger partial charge in [-0.1, -0.05) is 12.1 Å². The van der Waals surface area contributed by atoms with Crippen LogP contribution in [-0.4, -0.2) is 11.6 Å². The zero-order chi connectivity index (χ0) is 15.8. The number of anilines is 1. The smallest absolute Gasteiger partial charge is 0.352 e. The second kappa shape index (κ2) is 5.20. The second-order valence-electron chi connectivity index (χ2n) is 4.67. The molecule has 1 aromatic carbocycles. The highest BCUT2D eigenvalue weighted by atomic mass is 19.4. The van der Waals surface area contributed by atoms with Gasteiger partial charge in [0, 0.05) is 17.2 Å². The molecule has 0 spiro atoms. The van der Waals surface area contributed by atoms with Crippen LogP contribution in [0.1, 0.15) is 19.4 Å². The number of ketones is 2. The number of alkyl halides is 3. The van der Waals surface area contributed by atoms with E-state index in [0.29, 0.717) is 5.57 Å². The quantitative estimate of drug-likeness (QED) is 0.850. The first-order chi connectivity index (χ1) is 9.71. The van der Waals surface area contributed by atoms with Crippen LogP contribution in [0.25, 0.3) is 0 Å². The molecule has 1 aromatic rings. The van der Waals surface area contributed by atoms with Crippen molar-refractivity contribution in [2.45, 2.75) is 20.0 Å². The van der Waals surface area contributed by atoms with Gasteiger partial charge < -0.3 is 5.32 Å². The molecule has 0 amide bonds. The SMILES string of the molecule is CC1=C(C)C(=O)C(Nc2ccccc2C(F)(F)F)=CC1=O. The summed E-state index contributed by atoms with van der Waals surface area (Å²) in [6.45, 7) is 2.98. The third kappa shape index (κ3) is 2.89. The number of para-hydroxylation sites is 1. The summed E-state index contributed by atoms with van der Waals surface area (Å²) < 4.78 is 38.7. The van der Waals surface area contributed by atoms with E-state index < -0.39 is 17.5 Å². The molecule has 0 unspecified atom stereocenters. The number of halogens is 3. The molecule has 0 aromatic heterocycles. The molecule has 1 N–H and O–H groups in total. The van der Waals surface area contributed by atoms with E-state index in [1.807, 2.05) is 0 Å². The van der Waals surface area contributed by atoms with Gasteiger partial charge in [-0.05, 0) is 26.0 Å². The number of hydrogen-bond acceptors (Lipinski definition) is 3. The second-order valence-corrected chi connectivity index (χ2v) is 4.67. The lowest BCUT2D eigenvalue weighted by Gasteiger charge is -2.18. The molecule has 0 radical (unpaired) electrons. The van der Waals surface area contributed by atoms with Crippen molar-refractivity contribution in [1.29, 1.82) is 0 Å². The summed E-state index contributed by atoms with van der Waals surface area (Å²) in [5.74, 6) is -0.872. The van der Waals surface area contributed by atoms with Crippen LogP contribution in [-0.2, 0) is 15.8 Å². The topological polar surface area (TPSA) is 46.2 Å².